The van der Waals surface area contributed by atoms with Crippen LogP contribution in [0.25, 0.3) is 0 Å². The van der Waals surface area contributed by atoms with Crippen LogP contribution in [0.4, 0.5) is 0 Å². The average molecular weight is 453 g/mol. The quantitative estimate of drug-likeness (QED) is 0.678. The van der Waals surface area contributed by atoms with E-state index in [1.165, 1.54) is 0 Å². The van der Waals surface area contributed by atoms with Gasteiger partial charge >= 0.3 is 11.9 Å². The van der Waals surface area contributed by atoms with Gasteiger partial charge in [-0.1, -0.05) is 88.4 Å². The predicted octanol–water partition coefficient (Wildman–Crippen LogP) is 4.19. The molecule has 33 heavy (non-hydrogen) atoms. The van der Waals surface area contributed by atoms with Crippen LogP contribution in [0.2, 0.25) is 0 Å². The summed E-state index contributed by atoms with van der Waals surface area (Å²) < 4.78 is 11.1. The number of hydrogen-bond donors (Lipinski definition) is 2. The van der Waals surface area contributed by atoms with Crippen LogP contribution >= 0.6 is 0 Å². The molecule has 0 aliphatic carbocycles. The van der Waals surface area contributed by atoms with Gasteiger partial charge in [0.2, 0.25) is 0 Å². The maximum Gasteiger partial charge on any atom is 0.323 e. The number of carbonyl (C=O) groups excluding carboxylic acids is 2. The van der Waals surface area contributed by atoms with Crippen molar-refractivity contribution in [1.82, 2.24) is 10.6 Å². The van der Waals surface area contributed by atoms with Crippen molar-refractivity contribution in [1.29, 1.82) is 0 Å². The summed E-state index contributed by atoms with van der Waals surface area (Å²) in [6, 6.07) is 18.5. The van der Waals surface area contributed by atoms with Gasteiger partial charge in [0.15, 0.2) is 0 Å². The van der Waals surface area contributed by atoms with Gasteiger partial charge < -0.3 is 9.47 Å². The molecule has 0 bridgehead atoms. The third kappa shape index (κ3) is 6.65. The van der Waals surface area contributed by atoms with E-state index in [4.69, 9.17) is 9.47 Å². The lowest BCUT2D eigenvalue weighted by Crippen LogP contribution is -2.51. The first-order chi connectivity index (χ1) is 15.9. The van der Waals surface area contributed by atoms with E-state index in [-0.39, 0.29) is 49.1 Å². The molecule has 4 atom stereocenters. The standard InChI is InChI=1S/C27H36N2O4/c1-18(2)22-26(30)32-16-11-17-33-27(31)23(19(3)4)29-25(21-14-9-6-10-15-21)24(28-22)20-12-7-5-8-13-20/h5-10,12-15,18-19,22-25,28-29H,11,16-17H2,1-4H3/t22-,23?,24?,25+/m0/s1. The number of benzene rings is 2. The predicted molar refractivity (Wildman–Crippen MR) is 128 cm³/mol. The Morgan fingerprint density at radius 3 is 1.36 bits per heavy atom. The second-order valence-electron chi connectivity index (χ2n) is 9.24. The third-order valence-electron chi connectivity index (χ3n) is 5.99. The first-order valence-corrected chi connectivity index (χ1v) is 11.8. The van der Waals surface area contributed by atoms with Crippen molar-refractivity contribution in [3.8, 4) is 0 Å². The number of esters is 2. The zero-order valence-electron chi connectivity index (χ0n) is 20.0. The van der Waals surface area contributed by atoms with E-state index in [0.29, 0.717) is 6.42 Å². The molecule has 0 radical (unpaired) electrons. The molecule has 0 spiro atoms. The van der Waals surface area contributed by atoms with Crippen LogP contribution in [-0.2, 0) is 19.1 Å². The molecule has 1 saturated heterocycles. The Morgan fingerprint density at radius 2 is 1.03 bits per heavy atom. The van der Waals surface area contributed by atoms with Crippen LogP contribution in [0, 0.1) is 11.8 Å². The molecule has 0 saturated carbocycles. The smallest absolute Gasteiger partial charge is 0.323 e. The Hall–Kier alpha value is -2.70. The van der Waals surface area contributed by atoms with Crippen molar-refractivity contribution in [3.05, 3.63) is 71.8 Å². The summed E-state index contributed by atoms with van der Waals surface area (Å²) in [5, 5.41) is 7.18. The van der Waals surface area contributed by atoms with E-state index in [0.717, 1.165) is 11.1 Å². The maximum absolute atomic E-state index is 13.0. The van der Waals surface area contributed by atoms with E-state index in [1.54, 1.807) is 0 Å². The van der Waals surface area contributed by atoms with Crippen LogP contribution in [0.5, 0.6) is 0 Å². The van der Waals surface area contributed by atoms with Crippen molar-refractivity contribution in [2.75, 3.05) is 13.2 Å². The Labute approximate surface area is 197 Å². The lowest BCUT2D eigenvalue weighted by molar-refractivity contribution is -0.149. The van der Waals surface area contributed by atoms with Gasteiger partial charge in [-0.05, 0) is 23.0 Å². The molecule has 2 N–H and O–H groups in total. The summed E-state index contributed by atoms with van der Waals surface area (Å²) in [5.41, 5.74) is 2.03. The normalized spacial score (nSPS) is 25.5. The van der Waals surface area contributed by atoms with E-state index < -0.39 is 12.1 Å². The first kappa shape index (κ1) is 24.9. The Morgan fingerprint density at radius 1 is 0.667 bits per heavy atom. The molecule has 2 unspecified atom stereocenters. The van der Waals surface area contributed by atoms with Gasteiger partial charge in [0, 0.05) is 6.42 Å². The fourth-order valence-corrected chi connectivity index (χ4v) is 4.13. The molecule has 0 aromatic heterocycles. The van der Waals surface area contributed by atoms with E-state index in [1.807, 2.05) is 88.4 Å². The fourth-order valence-electron chi connectivity index (χ4n) is 4.13. The summed E-state index contributed by atoms with van der Waals surface area (Å²) in [4.78, 5) is 26.0. The van der Waals surface area contributed by atoms with Crippen LogP contribution in [-0.4, -0.2) is 37.2 Å². The van der Waals surface area contributed by atoms with Gasteiger partial charge in [-0.2, -0.15) is 0 Å². The van der Waals surface area contributed by atoms with Crippen LogP contribution in [0.3, 0.4) is 0 Å². The molecular weight excluding hydrogens is 416 g/mol. The zero-order valence-corrected chi connectivity index (χ0v) is 20.0. The van der Waals surface area contributed by atoms with Crippen molar-refractivity contribution < 1.29 is 19.1 Å². The molecule has 3 rings (SSSR count). The highest BCUT2D eigenvalue weighted by atomic mass is 16.5. The second kappa shape index (κ2) is 12.0. The number of hydrogen-bond acceptors (Lipinski definition) is 6. The summed E-state index contributed by atoms with van der Waals surface area (Å²) >= 11 is 0. The van der Waals surface area contributed by atoms with Gasteiger partial charge in [0.1, 0.15) is 12.1 Å². The Bertz CT molecular complexity index is 812. The Balaban J connectivity index is 2.12. The number of carbonyl (C=O) groups is 2. The number of cyclic esters (lactones) is 2. The van der Waals surface area contributed by atoms with E-state index in [9.17, 15) is 9.59 Å². The minimum atomic E-state index is -0.502. The van der Waals surface area contributed by atoms with Gasteiger partial charge in [-0.15, -0.1) is 0 Å². The molecule has 1 aliphatic heterocycles. The van der Waals surface area contributed by atoms with E-state index >= 15 is 0 Å². The van der Waals surface area contributed by atoms with Gasteiger partial charge in [-0.25, -0.2) is 0 Å². The highest BCUT2D eigenvalue weighted by Gasteiger charge is 2.36. The minimum absolute atomic E-state index is 0.0176. The lowest BCUT2D eigenvalue weighted by atomic mass is 9.89. The average Bonchev–Trinajstić information content (AvgIpc) is 2.81. The Kier molecular flexibility index (Phi) is 9.03. The van der Waals surface area contributed by atoms with Crippen LogP contribution < -0.4 is 10.6 Å². The van der Waals surface area contributed by atoms with E-state index in [2.05, 4.69) is 10.6 Å². The summed E-state index contributed by atoms with van der Waals surface area (Å²) in [6.07, 6.45) is 0.470. The molecule has 0 amide bonds. The number of rotatable bonds is 4. The highest BCUT2D eigenvalue weighted by Crippen LogP contribution is 2.32. The largest absolute Gasteiger partial charge is 0.464 e. The van der Waals surface area contributed by atoms with Gasteiger partial charge in [0.25, 0.3) is 0 Å². The van der Waals surface area contributed by atoms with Gasteiger partial charge in [0.05, 0.1) is 25.3 Å². The zero-order chi connectivity index (χ0) is 23.8. The lowest BCUT2D eigenvalue weighted by Gasteiger charge is -2.36. The molecule has 6 heteroatoms. The topological polar surface area (TPSA) is 76.7 Å². The molecule has 178 valence electrons. The van der Waals surface area contributed by atoms with Crippen LogP contribution in [0.1, 0.15) is 57.3 Å². The molecular formula is C27H36N2O4. The van der Waals surface area contributed by atoms with Crippen LogP contribution in [0.15, 0.2) is 60.7 Å². The fraction of sp³-hybridized carbons (Fsp3) is 0.481. The summed E-state index contributed by atoms with van der Waals surface area (Å²) in [6.45, 7) is 8.46. The third-order valence-corrected chi connectivity index (χ3v) is 5.99. The van der Waals surface area contributed by atoms with Gasteiger partial charge in [-0.3, -0.25) is 20.2 Å². The molecule has 1 aliphatic rings. The van der Waals surface area contributed by atoms with Crippen molar-refractivity contribution in [2.45, 2.75) is 58.3 Å². The van der Waals surface area contributed by atoms with Crippen molar-refractivity contribution >= 4 is 11.9 Å². The summed E-state index contributed by atoms with van der Waals surface area (Å²) in [5.74, 6) is -0.541. The second-order valence-corrected chi connectivity index (χ2v) is 9.24. The first-order valence-electron chi connectivity index (χ1n) is 11.8. The van der Waals surface area contributed by atoms with Crippen molar-refractivity contribution in [2.24, 2.45) is 11.8 Å². The molecule has 1 heterocycles. The number of nitrogens with one attached hydrogen (secondary N) is 2. The monoisotopic (exact) mass is 452 g/mol. The molecule has 1 fully saturated rings. The SMILES string of the molecule is CC(C)C1N[C@H](c2ccccc2)C(c2ccccc2)N[C@@H](C(C)C)C(=O)OCCCOC1=O. The maximum atomic E-state index is 13.0. The van der Waals surface area contributed by atoms with Crippen molar-refractivity contribution in [3.63, 3.8) is 0 Å². The minimum Gasteiger partial charge on any atom is -0.464 e. The summed E-state index contributed by atoms with van der Waals surface area (Å²) in [7, 11) is 0. The highest BCUT2D eigenvalue weighted by molar-refractivity contribution is 5.77. The molecule has 2 aromatic rings. The number of ether oxygens (including phenoxy) is 2. The molecule has 2 aromatic carbocycles. The molecule has 6 nitrogen and oxygen atoms in total.